The Bertz CT molecular complexity index is 636. The molecule has 0 aromatic heterocycles. The van der Waals surface area contributed by atoms with Crippen molar-refractivity contribution in [3.05, 3.63) is 0 Å². The Kier molecular flexibility index (Phi) is 13.0. The van der Waals surface area contributed by atoms with Crippen LogP contribution in [0.5, 0.6) is 0 Å². The number of carbonyl (C=O) groups is 2. The zero-order chi connectivity index (χ0) is 19.7. The molecule has 0 saturated carbocycles. The van der Waals surface area contributed by atoms with E-state index in [4.69, 9.17) is 9.84 Å². The number of aliphatic hydroxyl groups excluding tert-OH is 1. The Morgan fingerprint density at radius 3 is 1.65 bits per heavy atom. The molecule has 1 N–H and O–H groups in total. The number of rotatable bonds is 4. The summed E-state index contributed by atoms with van der Waals surface area (Å²) in [4.78, 5) is 20.8. The number of carbonyl (C=O) groups excluding carboxylic acids is 2. The summed E-state index contributed by atoms with van der Waals surface area (Å²) < 4.78 is 53.6. The van der Waals surface area contributed by atoms with Crippen LogP contribution in [0.2, 0.25) is 0 Å². The highest BCUT2D eigenvalue weighted by atomic mass is 35.7. The zero-order valence-corrected chi connectivity index (χ0v) is 16.1. The van der Waals surface area contributed by atoms with Gasteiger partial charge >= 0.3 is 11.9 Å². The first kappa shape index (κ1) is 27.3. The van der Waals surface area contributed by atoms with Gasteiger partial charge in [-0.3, -0.25) is 13.8 Å². The van der Waals surface area contributed by atoms with Gasteiger partial charge in [-0.15, -0.1) is 0 Å². The first-order chi connectivity index (χ1) is 11.3. The van der Waals surface area contributed by atoms with Crippen molar-refractivity contribution < 1.29 is 45.2 Å². The number of aliphatic hydroxyl groups is 1. The van der Waals surface area contributed by atoms with Gasteiger partial charge in [-0.2, -0.15) is 8.42 Å². The molecule has 0 bridgehead atoms. The van der Waals surface area contributed by atoms with Crippen molar-refractivity contribution in [2.45, 2.75) is 45.3 Å². The molecule has 2 saturated heterocycles. The number of esters is 2. The van der Waals surface area contributed by atoms with E-state index in [-0.39, 0.29) is 38.7 Å². The molecule has 0 aromatic rings. The molecule has 2 aliphatic rings. The van der Waals surface area contributed by atoms with Crippen LogP contribution in [0.1, 0.15) is 33.1 Å². The highest BCUT2D eigenvalue weighted by Crippen LogP contribution is 2.14. The van der Waals surface area contributed by atoms with Gasteiger partial charge in [0, 0.05) is 23.5 Å². The summed E-state index contributed by atoms with van der Waals surface area (Å²) in [7, 11) is -2.11. The maximum Gasteiger partial charge on any atom is 0.306 e. The van der Waals surface area contributed by atoms with Crippen molar-refractivity contribution in [3.8, 4) is 0 Å². The van der Waals surface area contributed by atoms with Crippen molar-refractivity contribution >= 4 is 41.8 Å². The fraction of sp³-hybridized carbons (Fsp3) is 0.846. The quantitative estimate of drug-likeness (QED) is 0.364. The summed E-state index contributed by atoms with van der Waals surface area (Å²) in [5.41, 5.74) is 0. The highest BCUT2D eigenvalue weighted by Gasteiger charge is 2.24. The van der Waals surface area contributed by atoms with Crippen molar-refractivity contribution in [3.63, 3.8) is 0 Å². The normalized spacial score (nSPS) is 22.0. The summed E-state index contributed by atoms with van der Waals surface area (Å²) in [5.74, 6) is -0.485. The smallest absolute Gasteiger partial charge is 0.306 e. The molecule has 2 heterocycles. The Morgan fingerprint density at radius 1 is 1.04 bits per heavy atom. The SMILES string of the molecule is C.CS(=O)(=O)Cl.CS(=O)(=O)OC[C@H]1CCC(=O)O1.O=C1CC[C@H](CO)O1. The molecule has 2 fully saturated rings. The third kappa shape index (κ3) is 17.9. The van der Waals surface area contributed by atoms with E-state index in [1.807, 2.05) is 0 Å². The fourth-order valence-corrected chi connectivity index (χ4v) is 2.01. The standard InChI is InChI=1S/C6H10O5S.C5H8O3.CH3ClO2S.CH4/c1-12(8,9)10-4-5-2-3-6(7)11-5;6-3-4-1-2-5(7)8-4;1-5(2,3)4;/h5H,2-4H2,1H3;4,6H,1-3H2;1H3;1H4/t5-;4-;;/m11../s1. The second kappa shape index (κ2) is 12.4. The number of cyclic esters (lactones) is 2. The van der Waals surface area contributed by atoms with Crippen LogP contribution < -0.4 is 0 Å². The topological polar surface area (TPSA) is 150 Å². The number of hydrogen-bond donors (Lipinski definition) is 1. The molecule has 26 heavy (non-hydrogen) atoms. The van der Waals surface area contributed by atoms with Gasteiger partial charge < -0.3 is 14.6 Å². The second-order valence-electron chi connectivity index (χ2n) is 5.15. The predicted molar refractivity (Wildman–Crippen MR) is 93.5 cm³/mol. The third-order valence-corrected chi connectivity index (χ3v) is 3.17. The monoisotopic (exact) mass is 440 g/mol. The summed E-state index contributed by atoms with van der Waals surface area (Å²) in [6, 6.07) is 0. The lowest BCUT2D eigenvalue weighted by Crippen LogP contribution is -2.17. The molecule has 0 radical (unpaired) electrons. The van der Waals surface area contributed by atoms with Crippen LogP contribution in [0.3, 0.4) is 0 Å². The summed E-state index contributed by atoms with van der Waals surface area (Å²) in [6.45, 7) is -0.101. The average molecular weight is 441 g/mol. The van der Waals surface area contributed by atoms with Crippen molar-refractivity contribution in [2.24, 2.45) is 0 Å². The molecule has 2 atom stereocenters. The van der Waals surface area contributed by atoms with Crippen LogP contribution in [-0.2, 0) is 42.4 Å². The minimum absolute atomic E-state index is 0. The maximum atomic E-state index is 10.6. The van der Waals surface area contributed by atoms with E-state index in [1.165, 1.54) is 0 Å². The van der Waals surface area contributed by atoms with Gasteiger partial charge in [-0.25, -0.2) is 8.42 Å². The van der Waals surface area contributed by atoms with Crippen molar-refractivity contribution in [2.75, 3.05) is 25.7 Å². The van der Waals surface area contributed by atoms with Crippen LogP contribution in [-0.4, -0.2) is 71.8 Å². The highest BCUT2D eigenvalue weighted by molar-refractivity contribution is 8.13. The van der Waals surface area contributed by atoms with Crippen LogP contribution in [0, 0.1) is 0 Å². The van der Waals surface area contributed by atoms with Crippen molar-refractivity contribution in [1.29, 1.82) is 0 Å². The van der Waals surface area contributed by atoms with Crippen LogP contribution in [0.25, 0.3) is 0 Å². The Hall–Kier alpha value is -0.950. The minimum Gasteiger partial charge on any atom is -0.460 e. The van der Waals surface area contributed by atoms with Crippen molar-refractivity contribution in [1.82, 2.24) is 0 Å². The first-order valence-electron chi connectivity index (χ1n) is 7.04. The van der Waals surface area contributed by atoms with Gasteiger partial charge in [0.05, 0.1) is 19.1 Å². The van der Waals surface area contributed by atoms with Crippen LogP contribution >= 0.6 is 10.7 Å². The first-order valence-corrected chi connectivity index (χ1v) is 11.6. The molecule has 2 rings (SSSR count). The van der Waals surface area contributed by atoms with Crippen LogP contribution in [0.4, 0.5) is 0 Å². The molecule has 0 aromatic carbocycles. The van der Waals surface area contributed by atoms with Crippen LogP contribution in [0.15, 0.2) is 0 Å². The molecular weight excluding hydrogens is 416 g/mol. The molecule has 0 aliphatic carbocycles. The largest absolute Gasteiger partial charge is 0.460 e. The Morgan fingerprint density at radius 2 is 1.42 bits per heavy atom. The Labute approximate surface area is 158 Å². The number of hydrogen-bond acceptors (Lipinski definition) is 10. The molecule has 13 heteroatoms. The van der Waals surface area contributed by atoms with Gasteiger partial charge in [0.1, 0.15) is 18.8 Å². The van der Waals surface area contributed by atoms with E-state index in [9.17, 15) is 26.4 Å². The predicted octanol–water partition coefficient (Wildman–Crippen LogP) is 0.173. The van der Waals surface area contributed by atoms with E-state index in [0.29, 0.717) is 25.7 Å². The lowest BCUT2D eigenvalue weighted by molar-refractivity contribution is -0.143. The third-order valence-electron chi connectivity index (χ3n) is 2.61. The van der Waals surface area contributed by atoms with E-state index in [1.54, 1.807) is 0 Å². The minimum atomic E-state index is -3.42. The number of halogens is 1. The lowest BCUT2D eigenvalue weighted by Gasteiger charge is -2.07. The number of ether oxygens (including phenoxy) is 2. The maximum absolute atomic E-state index is 10.6. The fourth-order valence-electron chi connectivity index (χ4n) is 1.61. The van der Waals surface area contributed by atoms with Gasteiger partial charge in [0.2, 0.25) is 9.05 Å². The van der Waals surface area contributed by atoms with Gasteiger partial charge in [-0.1, -0.05) is 7.43 Å². The lowest BCUT2D eigenvalue weighted by atomic mass is 10.2. The average Bonchev–Trinajstić information content (AvgIpc) is 3.03. The summed E-state index contributed by atoms with van der Waals surface area (Å²) in [6.07, 6.45) is 3.29. The van der Waals surface area contributed by atoms with Gasteiger partial charge in [-0.05, 0) is 12.8 Å². The second-order valence-corrected chi connectivity index (χ2v) is 9.84. The summed E-state index contributed by atoms with van der Waals surface area (Å²) in [5, 5.41) is 8.41. The molecule has 2 aliphatic heterocycles. The Balaban J connectivity index is 0. The molecular formula is C13H25ClO10S2. The molecule has 0 unspecified atom stereocenters. The van der Waals surface area contributed by atoms with E-state index in [0.717, 1.165) is 12.5 Å². The van der Waals surface area contributed by atoms with E-state index < -0.39 is 25.3 Å². The molecule has 0 spiro atoms. The van der Waals surface area contributed by atoms with E-state index in [2.05, 4.69) is 19.6 Å². The molecule has 10 nitrogen and oxygen atoms in total. The van der Waals surface area contributed by atoms with Gasteiger partial charge in [0.15, 0.2) is 0 Å². The molecule has 0 amide bonds. The van der Waals surface area contributed by atoms with Gasteiger partial charge in [0.25, 0.3) is 10.1 Å². The van der Waals surface area contributed by atoms with E-state index >= 15 is 0 Å². The summed E-state index contributed by atoms with van der Waals surface area (Å²) >= 11 is 0. The zero-order valence-electron chi connectivity index (χ0n) is 13.7. The molecule has 156 valence electrons.